The third-order valence-electron chi connectivity index (χ3n) is 2.76. The predicted molar refractivity (Wildman–Crippen MR) is 84.0 cm³/mol. The van der Waals surface area contributed by atoms with Gasteiger partial charge in [-0.15, -0.1) is 0 Å². The molecule has 0 spiro atoms. The van der Waals surface area contributed by atoms with E-state index in [0.29, 0.717) is 0 Å². The van der Waals surface area contributed by atoms with Gasteiger partial charge in [0.25, 0.3) is 0 Å². The zero-order valence-electron chi connectivity index (χ0n) is 11.0. The molecule has 0 aromatic heterocycles. The quantitative estimate of drug-likeness (QED) is 0.753. The number of hydrogen-bond donors (Lipinski definition) is 1. The van der Waals surface area contributed by atoms with Crippen LogP contribution in [0.2, 0.25) is 5.02 Å². The number of rotatable bonds is 6. The molecule has 0 aliphatic carbocycles. The molecule has 0 saturated carbocycles. The van der Waals surface area contributed by atoms with Crippen LogP contribution in [0.3, 0.4) is 0 Å². The van der Waals surface area contributed by atoms with Gasteiger partial charge >= 0.3 is 0 Å². The first-order valence-corrected chi connectivity index (χ1v) is 7.71. The molecule has 100 valence electrons. The van der Waals surface area contributed by atoms with Gasteiger partial charge in [0.2, 0.25) is 0 Å². The Balaban J connectivity index is 2.08. The van der Waals surface area contributed by atoms with Crippen LogP contribution in [0.1, 0.15) is 18.9 Å². The van der Waals surface area contributed by atoms with Crippen molar-refractivity contribution in [3.05, 3.63) is 59.1 Å². The third kappa shape index (κ3) is 4.57. The minimum Gasteiger partial charge on any atom is -0.313 e. The van der Waals surface area contributed by atoms with Crippen molar-refractivity contribution in [2.24, 2.45) is 0 Å². The normalized spacial score (nSPS) is 10.6. The zero-order chi connectivity index (χ0) is 13.5. The molecule has 0 aliphatic heterocycles. The summed E-state index contributed by atoms with van der Waals surface area (Å²) in [5.41, 5.74) is 1.34. The van der Waals surface area contributed by atoms with Gasteiger partial charge in [-0.1, -0.05) is 48.5 Å². The lowest BCUT2D eigenvalue weighted by molar-refractivity contribution is 0.669. The SMILES string of the molecule is CCCNCc1ccccc1Sc1ccc(Cl)cc1. The Kier molecular flexibility index (Phi) is 5.77. The largest absolute Gasteiger partial charge is 0.313 e. The van der Waals surface area contributed by atoms with Crippen LogP contribution in [0.15, 0.2) is 58.3 Å². The highest BCUT2D eigenvalue weighted by Crippen LogP contribution is 2.31. The van der Waals surface area contributed by atoms with Gasteiger partial charge in [0.05, 0.1) is 0 Å². The third-order valence-corrected chi connectivity index (χ3v) is 4.13. The van der Waals surface area contributed by atoms with Gasteiger partial charge in [0, 0.05) is 21.4 Å². The van der Waals surface area contributed by atoms with Gasteiger partial charge in [0.1, 0.15) is 0 Å². The Morgan fingerprint density at radius 2 is 1.79 bits per heavy atom. The molecule has 1 nitrogen and oxygen atoms in total. The van der Waals surface area contributed by atoms with Crippen molar-refractivity contribution in [1.29, 1.82) is 0 Å². The second kappa shape index (κ2) is 7.59. The monoisotopic (exact) mass is 291 g/mol. The van der Waals surface area contributed by atoms with Crippen molar-refractivity contribution in [3.8, 4) is 0 Å². The van der Waals surface area contributed by atoms with E-state index in [1.165, 1.54) is 15.4 Å². The highest BCUT2D eigenvalue weighted by atomic mass is 35.5. The minimum atomic E-state index is 0.780. The summed E-state index contributed by atoms with van der Waals surface area (Å²) < 4.78 is 0. The average molecular weight is 292 g/mol. The van der Waals surface area contributed by atoms with E-state index in [9.17, 15) is 0 Å². The first-order chi connectivity index (χ1) is 9.29. The zero-order valence-corrected chi connectivity index (χ0v) is 12.6. The van der Waals surface area contributed by atoms with Crippen LogP contribution < -0.4 is 5.32 Å². The van der Waals surface area contributed by atoms with E-state index in [1.54, 1.807) is 11.8 Å². The molecule has 0 bridgehead atoms. The van der Waals surface area contributed by atoms with Crippen LogP contribution >= 0.6 is 23.4 Å². The molecule has 2 aromatic rings. The van der Waals surface area contributed by atoms with Crippen molar-refractivity contribution in [2.45, 2.75) is 29.7 Å². The number of hydrogen-bond acceptors (Lipinski definition) is 2. The Hall–Kier alpha value is -0.960. The maximum atomic E-state index is 5.91. The van der Waals surface area contributed by atoms with E-state index in [0.717, 1.165) is 24.5 Å². The molecule has 0 aliphatic rings. The molecular weight excluding hydrogens is 274 g/mol. The number of halogens is 1. The molecule has 2 rings (SSSR count). The molecule has 2 aromatic carbocycles. The summed E-state index contributed by atoms with van der Waals surface area (Å²) in [5.74, 6) is 0. The molecule has 0 fully saturated rings. The molecule has 0 heterocycles. The number of nitrogens with one attached hydrogen (secondary N) is 1. The van der Waals surface area contributed by atoms with E-state index in [2.05, 4.69) is 48.6 Å². The predicted octanol–water partition coefficient (Wildman–Crippen LogP) is 4.99. The first kappa shape index (κ1) is 14.4. The fraction of sp³-hybridized carbons (Fsp3) is 0.250. The highest BCUT2D eigenvalue weighted by molar-refractivity contribution is 7.99. The molecule has 0 saturated heterocycles. The summed E-state index contributed by atoms with van der Waals surface area (Å²) in [4.78, 5) is 2.51. The minimum absolute atomic E-state index is 0.780. The van der Waals surface area contributed by atoms with Crippen LogP contribution in [0.5, 0.6) is 0 Å². The van der Waals surface area contributed by atoms with Crippen LogP contribution in [-0.4, -0.2) is 6.54 Å². The lowest BCUT2D eigenvalue weighted by atomic mass is 10.2. The second-order valence-electron chi connectivity index (χ2n) is 4.34. The standard InChI is InChI=1S/C16H18ClNS/c1-2-11-18-12-13-5-3-4-6-16(13)19-15-9-7-14(17)8-10-15/h3-10,18H,2,11-12H2,1H3. The summed E-state index contributed by atoms with van der Waals surface area (Å²) in [5, 5.41) is 4.23. The molecular formula is C16H18ClNS. The second-order valence-corrected chi connectivity index (χ2v) is 5.89. The molecule has 0 amide bonds. The van der Waals surface area contributed by atoms with E-state index in [4.69, 9.17) is 11.6 Å². The Bertz CT molecular complexity index is 510. The Morgan fingerprint density at radius 1 is 1.05 bits per heavy atom. The van der Waals surface area contributed by atoms with Crippen LogP contribution in [0, 0.1) is 0 Å². The summed E-state index contributed by atoms with van der Waals surface area (Å²) in [6.45, 7) is 4.16. The van der Waals surface area contributed by atoms with Crippen LogP contribution in [0.4, 0.5) is 0 Å². The summed E-state index contributed by atoms with van der Waals surface area (Å²) in [6.07, 6.45) is 1.16. The van der Waals surface area contributed by atoms with Gasteiger partial charge in [0.15, 0.2) is 0 Å². The van der Waals surface area contributed by atoms with Crippen LogP contribution in [0.25, 0.3) is 0 Å². The maximum absolute atomic E-state index is 5.91. The molecule has 19 heavy (non-hydrogen) atoms. The van der Waals surface area contributed by atoms with Crippen molar-refractivity contribution in [2.75, 3.05) is 6.54 Å². The lowest BCUT2D eigenvalue weighted by Gasteiger charge is -2.10. The van der Waals surface area contributed by atoms with Gasteiger partial charge in [-0.25, -0.2) is 0 Å². The van der Waals surface area contributed by atoms with Crippen molar-refractivity contribution < 1.29 is 0 Å². The van der Waals surface area contributed by atoms with Crippen molar-refractivity contribution >= 4 is 23.4 Å². The lowest BCUT2D eigenvalue weighted by Crippen LogP contribution is -2.14. The van der Waals surface area contributed by atoms with Gasteiger partial charge in [-0.05, 0) is 48.9 Å². The molecule has 0 atom stereocenters. The van der Waals surface area contributed by atoms with Gasteiger partial charge in [-0.2, -0.15) is 0 Å². The topological polar surface area (TPSA) is 12.0 Å². The van der Waals surface area contributed by atoms with Crippen molar-refractivity contribution in [1.82, 2.24) is 5.32 Å². The average Bonchev–Trinajstić information content (AvgIpc) is 2.43. The van der Waals surface area contributed by atoms with E-state index in [1.807, 2.05) is 12.1 Å². The molecule has 3 heteroatoms. The van der Waals surface area contributed by atoms with Gasteiger partial charge < -0.3 is 5.32 Å². The Labute approximate surface area is 124 Å². The smallest absolute Gasteiger partial charge is 0.0406 e. The van der Waals surface area contributed by atoms with E-state index >= 15 is 0 Å². The Morgan fingerprint density at radius 3 is 2.53 bits per heavy atom. The first-order valence-electron chi connectivity index (χ1n) is 6.51. The maximum Gasteiger partial charge on any atom is 0.0406 e. The van der Waals surface area contributed by atoms with E-state index in [-0.39, 0.29) is 0 Å². The molecule has 0 radical (unpaired) electrons. The molecule has 1 N–H and O–H groups in total. The summed E-state index contributed by atoms with van der Waals surface area (Å²) in [6, 6.07) is 16.5. The number of benzene rings is 2. The van der Waals surface area contributed by atoms with Gasteiger partial charge in [-0.3, -0.25) is 0 Å². The van der Waals surface area contributed by atoms with E-state index < -0.39 is 0 Å². The fourth-order valence-corrected chi connectivity index (χ4v) is 2.85. The van der Waals surface area contributed by atoms with Crippen LogP contribution in [-0.2, 0) is 6.54 Å². The highest BCUT2D eigenvalue weighted by Gasteiger charge is 2.03. The summed E-state index contributed by atoms with van der Waals surface area (Å²) >= 11 is 7.69. The fourth-order valence-electron chi connectivity index (χ4n) is 1.78. The molecule has 0 unspecified atom stereocenters. The van der Waals surface area contributed by atoms with Crippen molar-refractivity contribution in [3.63, 3.8) is 0 Å². The summed E-state index contributed by atoms with van der Waals surface area (Å²) in [7, 11) is 0.